The topological polar surface area (TPSA) is 34.0 Å². The molecule has 1 heterocycles. The molecule has 4 heteroatoms. The molecular weight excluding hydrogens is 248 g/mol. The summed E-state index contributed by atoms with van der Waals surface area (Å²) in [5.41, 5.74) is 1.81. The molecule has 0 aliphatic heterocycles. The van der Waals surface area contributed by atoms with E-state index in [4.69, 9.17) is 11.6 Å². The number of benzene rings is 1. The van der Waals surface area contributed by atoms with Gasteiger partial charge in [-0.3, -0.25) is 4.79 Å². The Balaban J connectivity index is 1.85. The first-order valence-electron chi connectivity index (χ1n) is 5.80. The van der Waals surface area contributed by atoms with Gasteiger partial charge in [0.15, 0.2) is 0 Å². The second-order valence-electron chi connectivity index (χ2n) is 4.20. The third-order valence-corrected chi connectivity index (χ3v) is 2.91. The molecule has 0 aliphatic carbocycles. The lowest BCUT2D eigenvalue weighted by molar-refractivity contribution is 0.0954. The summed E-state index contributed by atoms with van der Waals surface area (Å²) in [6.07, 6.45) is 4.87. The molecule has 0 radical (unpaired) electrons. The van der Waals surface area contributed by atoms with E-state index in [9.17, 15) is 4.79 Å². The molecular formula is C14H15ClN2O. The van der Waals surface area contributed by atoms with Crippen LogP contribution in [-0.2, 0) is 13.5 Å². The molecule has 2 aromatic rings. The Morgan fingerprint density at radius 1 is 1.39 bits per heavy atom. The number of carbonyl (C=O) groups is 1. The van der Waals surface area contributed by atoms with Crippen molar-refractivity contribution >= 4 is 17.5 Å². The molecule has 0 saturated heterocycles. The van der Waals surface area contributed by atoms with Crippen LogP contribution in [0.3, 0.4) is 0 Å². The number of amides is 1. The molecule has 2 rings (SSSR count). The normalized spacial score (nSPS) is 10.3. The van der Waals surface area contributed by atoms with Gasteiger partial charge in [-0.1, -0.05) is 17.7 Å². The van der Waals surface area contributed by atoms with Gasteiger partial charge < -0.3 is 9.88 Å². The first kappa shape index (κ1) is 12.7. The Labute approximate surface area is 111 Å². The van der Waals surface area contributed by atoms with Gasteiger partial charge in [0.2, 0.25) is 0 Å². The van der Waals surface area contributed by atoms with E-state index >= 15 is 0 Å². The Morgan fingerprint density at radius 2 is 2.22 bits per heavy atom. The molecule has 1 N–H and O–H groups in total. The van der Waals surface area contributed by atoms with Crippen LogP contribution in [0.25, 0.3) is 0 Å². The van der Waals surface area contributed by atoms with Crippen molar-refractivity contribution < 1.29 is 4.79 Å². The zero-order valence-corrected chi connectivity index (χ0v) is 10.9. The zero-order chi connectivity index (χ0) is 13.0. The molecule has 1 amide bonds. The van der Waals surface area contributed by atoms with Gasteiger partial charge in [-0.05, 0) is 36.2 Å². The average molecular weight is 263 g/mol. The highest BCUT2D eigenvalue weighted by atomic mass is 35.5. The quantitative estimate of drug-likeness (QED) is 0.903. The van der Waals surface area contributed by atoms with Crippen molar-refractivity contribution in [2.75, 3.05) is 6.54 Å². The predicted molar refractivity (Wildman–Crippen MR) is 72.9 cm³/mol. The van der Waals surface area contributed by atoms with Crippen LogP contribution >= 0.6 is 11.6 Å². The van der Waals surface area contributed by atoms with E-state index in [1.807, 2.05) is 30.1 Å². The summed E-state index contributed by atoms with van der Waals surface area (Å²) in [6.45, 7) is 0.620. The minimum Gasteiger partial charge on any atom is -0.357 e. The van der Waals surface area contributed by atoms with Crippen LogP contribution < -0.4 is 5.32 Å². The molecule has 0 saturated carbocycles. The highest BCUT2D eigenvalue weighted by Crippen LogP contribution is 2.10. The summed E-state index contributed by atoms with van der Waals surface area (Å²) in [5.74, 6) is -0.0894. The van der Waals surface area contributed by atoms with Gasteiger partial charge in [0.05, 0.1) is 0 Å². The van der Waals surface area contributed by atoms with E-state index in [-0.39, 0.29) is 5.91 Å². The lowest BCUT2D eigenvalue weighted by atomic mass is 10.2. The average Bonchev–Trinajstić information content (AvgIpc) is 2.75. The fourth-order valence-corrected chi connectivity index (χ4v) is 1.95. The van der Waals surface area contributed by atoms with Gasteiger partial charge in [-0.25, -0.2) is 0 Å². The van der Waals surface area contributed by atoms with Gasteiger partial charge in [-0.2, -0.15) is 0 Å². The van der Waals surface area contributed by atoms with Crippen LogP contribution in [0.4, 0.5) is 0 Å². The van der Waals surface area contributed by atoms with Gasteiger partial charge >= 0.3 is 0 Å². The molecule has 1 aromatic heterocycles. The largest absolute Gasteiger partial charge is 0.357 e. The Morgan fingerprint density at radius 3 is 2.89 bits per heavy atom. The van der Waals surface area contributed by atoms with E-state index < -0.39 is 0 Å². The summed E-state index contributed by atoms with van der Waals surface area (Å²) >= 11 is 5.84. The molecule has 3 nitrogen and oxygen atoms in total. The summed E-state index contributed by atoms with van der Waals surface area (Å²) in [5, 5.41) is 3.45. The number of hydrogen-bond acceptors (Lipinski definition) is 1. The first-order chi connectivity index (χ1) is 8.65. The van der Waals surface area contributed by atoms with E-state index in [1.165, 1.54) is 5.56 Å². The lowest BCUT2D eigenvalue weighted by Gasteiger charge is -2.04. The molecule has 0 bridgehead atoms. The van der Waals surface area contributed by atoms with Crippen LogP contribution in [0.5, 0.6) is 0 Å². The molecule has 0 atom stereocenters. The van der Waals surface area contributed by atoms with Crippen LogP contribution in [-0.4, -0.2) is 17.0 Å². The van der Waals surface area contributed by atoms with Crippen molar-refractivity contribution in [1.29, 1.82) is 0 Å². The number of nitrogens with zero attached hydrogens (tertiary/aromatic N) is 1. The minimum absolute atomic E-state index is 0.0894. The molecule has 0 fully saturated rings. The number of hydrogen-bond donors (Lipinski definition) is 1. The summed E-state index contributed by atoms with van der Waals surface area (Å²) in [6, 6.07) is 8.99. The Bertz CT molecular complexity index is 548. The molecule has 18 heavy (non-hydrogen) atoms. The molecule has 94 valence electrons. The van der Waals surface area contributed by atoms with Crippen molar-refractivity contribution in [2.24, 2.45) is 7.05 Å². The van der Waals surface area contributed by atoms with Gasteiger partial charge in [0, 0.05) is 36.6 Å². The van der Waals surface area contributed by atoms with Gasteiger partial charge in [0.25, 0.3) is 5.91 Å². The summed E-state index contributed by atoms with van der Waals surface area (Å²) in [7, 11) is 1.98. The second-order valence-corrected chi connectivity index (χ2v) is 4.64. The van der Waals surface area contributed by atoms with Crippen LogP contribution in [0.2, 0.25) is 5.02 Å². The number of halogens is 1. The second kappa shape index (κ2) is 5.74. The maximum atomic E-state index is 11.8. The van der Waals surface area contributed by atoms with Gasteiger partial charge in [-0.15, -0.1) is 0 Å². The number of aromatic nitrogens is 1. The first-order valence-corrected chi connectivity index (χ1v) is 6.17. The van der Waals surface area contributed by atoms with Crippen molar-refractivity contribution in [3.05, 3.63) is 58.9 Å². The summed E-state index contributed by atoms with van der Waals surface area (Å²) < 4.78 is 1.99. The minimum atomic E-state index is -0.0894. The summed E-state index contributed by atoms with van der Waals surface area (Å²) in [4.78, 5) is 11.8. The Kier molecular flexibility index (Phi) is 4.05. The zero-order valence-electron chi connectivity index (χ0n) is 10.2. The number of carbonyl (C=O) groups excluding carboxylic acids is 1. The van der Waals surface area contributed by atoms with E-state index in [1.54, 1.807) is 24.3 Å². The van der Waals surface area contributed by atoms with E-state index in [2.05, 4.69) is 5.32 Å². The molecule has 0 spiro atoms. The maximum absolute atomic E-state index is 11.8. The fourth-order valence-electron chi connectivity index (χ4n) is 1.76. The maximum Gasteiger partial charge on any atom is 0.251 e. The third-order valence-electron chi connectivity index (χ3n) is 2.68. The lowest BCUT2D eigenvalue weighted by Crippen LogP contribution is -2.25. The molecule has 1 aromatic carbocycles. The number of nitrogens with one attached hydrogen (secondary N) is 1. The molecule has 0 aliphatic rings. The predicted octanol–water partition coefficient (Wildman–Crippen LogP) is 2.65. The van der Waals surface area contributed by atoms with E-state index in [0.717, 1.165) is 6.42 Å². The highest BCUT2D eigenvalue weighted by Gasteiger charge is 2.05. The van der Waals surface area contributed by atoms with Crippen molar-refractivity contribution in [3.63, 3.8) is 0 Å². The van der Waals surface area contributed by atoms with Crippen LogP contribution in [0, 0.1) is 0 Å². The van der Waals surface area contributed by atoms with Crippen molar-refractivity contribution in [3.8, 4) is 0 Å². The highest BCUT2D eigenvalue weighted by molar-refractivity contribution is 6.30. The van der Waals surface area contributed by atoms with Crippen LogP contribution in [0.1, 0.15) is 15.9 Å². The number of aryl methyl sites for hydroxylation is 1. The monoisotopic (exact) mass is 262 g/mol. The van der Waals surface area contributed by atoms with Gasteiger partial charge in [0.1, 0.15) is 0 Å². The van der Waals surface area contributed by atoms with Crippen LogP contribution in [0.15, 0.2) is 42.7 Å². The van der Waals surface area contributed by atoms with E-state index in [0.29, 0.717) is 17.1 Å². The fraction of sp³-hybridized carbons (Fsp3) is 0.214. The SMILES string of the molecule is Cn1ccc(CCNC(=O)c2cccc(Cl)c2)c1. The smallest absolute Gasteiger partial charge is 0.251 e. The Hall–Kier alpha value is -1.74. The van der Waals surface area contributed by atoms with Crippen molar-refractivity contribution in [2.45, 2.75) is 6.42 Å². The third kappa shape index (κ3) is 3.37. The standard InChI is InChI=1S/C14H15ClN2O/c1-17-8-6-11(10-17)5-7-16-14(18)12-3-2-4-13(15)9-12/h2-4,6,8-10H,5,7H2,1H3,(H,16,18). The molecule has 0 unspecified atom stereocenters. The van der Waals surface area contributed by atoms with Crippen molar-refractivity contribution in [1.82, 2.24) is 9.88 Å². The number of rotatable bonds is 4.